The van der Waals surface area contributed by atoms with E-state index in [0.717, 1.165) is 18.9 Å². The highest BCUT2D eigenvalue weighted by atomic mass is 127. The molecule has 1 aromatic heterocycles. The summed E-state index contributed by atoms with van der Waals surface area (Å²) in [6.45, 7) is 1.95. The number of hydrogen-bond acceptors (Lipinski definition) is 3. The monoisotopic (exact) mass is 291 g/mol. The Kier molecular flexibility index (Phi) is 4.44. The first-order valence-corrected chi connectivity index (χ1v) is 5.26. The largest absolute Gasteiger partial charge is 0.369 e. The zero-order valence-electron chi connectivity index (χ0n) is 7.92. The minimum Gasteiger partial charge on any atom is -0.369 e. The summed E-state index contributed by atoms with van der Waals surface area (Å²) in [6.07, 6.45) is 1.82. The number of nitrogens with one attached hydrogen (secondary N) is 1. The number of likely N-dealkylation sites (N-methyl/N-ethyl adjacent to an activating group) is 1. The number of halogens is 1. The van der Waals surface area contributed by atoms with Crippen molar-refractivity contribution in [3.8, 4) is 0 Å². The quantitative estimate of drug-likeness (QED) is 0.855. The lowest BCUT2D eigenvalue weighted by molar-refractivity contribution is 0.425. The van der Waals surface area contributed by atoms with E-state index in [9.17, 15) is 0 Å². The Hall–Kier alpha value is -0.360. The van der Waals surface area contributed by atoms with Gasteiger partial charge >= 0.3 is 0 Å². The second-order valence-corrected chi connectivity index (χ2v) is 4.33. The Morgan fingerprint density at radius 3 is 2.92 bits per heavy atom. The molecule has 13 heavy (non-hydrogen) atoms. The zero-order chi connectivity index (χ0) is 9.68. The zero-order valence-corrected chi connectivity index (χ0v) is 10.1. The first-order chi connectivity index (χ1) is 6.18. The molecule has 1 N–H and O–H groups in total. The molecule has 0 radical (unpaired) electrons. The second-order valence-electron chi connectivity index (χ2n) is 3.09. The summed E-state index contributed by atoms with van der Waals surface area (Å²) in [5, 5.41) is 3.26. The van der Waals surface area contributed by atoms with Crippen LogP contribution in [-0.4, -0.2) is 37.1 Å². The van der Waals surface area contributed by atoms with Gasteiger partial charge in [-0.2, -0.15) is 0 Å². The molecule has 0 aliphatic heterocycles. The highest BCUT2D eigenvalue weighted by Gasteiger charge is 1.94. The molecule has 1 rings (SSSR count). The third kappa shape index (κ3) is 4.42. The van der Waals surface area contributed by atoms with Gasteiger partial charge in [-0.25, -0.2) is 4.98 Å². The van der Waals surface area contributed by atoms with Crippen LogP contribution in [-0.2, 0) is 0 Å². The SMILES string of the molecule is CN(C)CCNc1cc(I)ccn1. The molecule has 0 spiro atoms. The number of anilines is 1. The molecule has 1 heterocycles. The maximum atomic E-state index is 4.20. The number of hydrogen-bond donors (Lipinski definition) is 1. The van der Waals surface area contributed by atoms with Gasteiger partial charge in [-0.1, -0.05) is 0 Å². The van der Waals surface area contributed by atoms with Gasteiger partial charge in [-0.05, 0) is 48.8 Å². The highest BCUT2D eigenvalue weighted by molar-refractivity contribution is 14.1. The molecule has 72 valence electrons. The molecule has 0 aromatic carbocycles. The lowest BCUT2D eigenvalue weighted by Gasteiger charge is -2.10. The lowest BCUT2D eigenvalue weighted by Crippen LogP contribution is -2.21. The molecule has 0 saturated heterocycles. The molecule has 0 atom stereocenters. The predicted molar refractivity (Wildman–Crippen MR) is 64.0 cm³/mol. The van der Waals surface area contributed by atoms with Crippen LogP contribution in [0.1, 0.15) is 0 Å². The van der Waals surface area contributed by atoms with Crippen molar-refractivity contribution in [3.05, 3.63) is 21.9 Å². The normalized spacial score (nSPS) is 10.5. The molecule has 0 unspecified atom stereocenters. The van der Waals surface area contributed by atoms with Crippen LogP contribution < -0.4 is 5.32 Å². The van der Waals surface area contributed by atoms with Gasteiger partial charge in [-0.3, -0.25) is 0 Å². The summed E-state index contributed by atoms with van der Waals surface area (Å²) in [7, 11) is 4.12. The van der Waals surface area contributed by atoms with Crippen molar-refractivity contribution in [1.82, 2.24) is 9.88 Å². The molecule has 0 aliphatic rings. The summed E-state index contributed by atoms with van der Waals surface area (Å²) in [5.74, 6) is 0.953. The van der Waals surface area contributed by atoms with E-state index in [1.165, 1.54) is 3.57 Å². The lowest BCUT2D eigenvalue weighted by atomic mass is 10.4. The third-order valence-corrected chi connectivity index (χ3v) is 2.26. The molecule has 4 heteroatoms. The summed E-state index contributed by atoms with van der Waals surface area (Å²) in [6, 6.07) is 4.02. The van der Waals surface area contributed by atoms with Crippen LogP contribution in [0.15, 0.2) is 18.3 Å². The second kappa shape index (κ2) is 5.39. The van der Waals surface area contributed by atoms with Crippen LogP contribution in [0.5, 0.6) is 0 Å². The molecule has 0 bridgehead atoms. The summed E-state index contributed by atoms with van der Waals surface area (Å²) in [4.78, 5) is 6.34. The first-order valence-electron chi connectivity index (χ1n) is 4.18. The number of rotatable bonds is 4. The predicted octanol–water partition coefficient (Wildman–Crippen LogP) is 1.66. The van der Waals surface area contributed by atoms with Crippen LogP contribution >= 0.6 is 22.6 Å². The maximum Gasteiger partial charge on any atom is 0.126 e. The van der Waals surface area contributed by atoms with Gasteiger partial charge in [0, 0.05) is 22.9 Å². The van der Waals surface area contributed by atoms with Crippen molar-refractivity contribution >= 4 is 28.4 Å². The van der Waals surface area contributed by atoms with E-state index in [4.69, 9.17) is 0 Å². The molecular formula is C9H14IN3. The minimum atomic E-state index is 0.931. The van der Waals surface area contributed by atoms with E-state index in [1.807, 2.05) is 18.3 Å². The Morgan fingerprint density at radius 2 is 2.31 bits per heavy atom. The molecule has 0 aliphatic carbocycles. The fourth-order valence-corrected chi connectivity index (χ4v) is 1.36. The smallest absolute Gasteiger partial charge is 0.126 e. The van der Waals surface area contributed by atoms with E-state index < -0.39 is 0 Å². The fourth-order valence-electron chi connectivity index (χ4n) is 0.909. The van der Waals surface area contributed by atoms with E-state index in [2.05, 4.69) is 51.9 Å². The first kappa shape index (κ1) is 10.7. The van der Waals surface area contributed by atoms with Crippen molar-refractivity contribution in [2.75, 3.05) is 32.5 Å². The molecule has 0 amide bonds. The summed E-state index contributed by atoms with van der Waals surface area (Å²) in [5.41, 5.74) is 0. The van der Waals surface area contributed by atoms with Crippen molar-refractivity contribution in [2.45, 2.75) is 0 Å². The molecule has 3 nitrogen and oxygen atoms in total. The van der Waals surface area contributed by atoms with Crippen molar-refractivity contribution in [3.63, 3.8) is 0 Å². The Morgan fingerprint density at radius 1 is 1.54 bits per heavy atom. The minimum absolute atomic E-state index is 0.931. The van der Waals surface area contributed by atoms with Gasteiger partial charge < -0.3 is 10.2 Å². The van der Waals surface area contributed by atoms with Crippen LogP contribution in [0.25, 0.3) is 0 Å². The van der Waals surface area contributed by atoms with Gasteiger partial charge in [0.25, 0.3) is 0 Å². The van der Waals surface area contributed by atoms with E-state index in [-0.39, 0.29) is 0 Å². The molecule has 1 aromatic rings. The number of pyridine rings is 1. The van der Waals surface area contributed by atoms with Gasteiger partial charge in [0.05, 0.1) is 0 Å². The van der Waals surface area contributed by atoms with Gasteiger partial charge in [-0.15, -0.1) is 0 Å². The standard InChI is InChI=1S/C9H14IN3/c1-13(2)6-5-12-9-7-8(10)3-4-11-9/h3-4,7H,5-6H2,1-2H3,(H,11,12). The van der Waals surface area contributed by atoms with Crippen LogP contribution in [0, 0.1) is 3.57 Å². The van der Waals surface area contributed by atoms with Crippen LogP contribution in [0.2, 0.25) is 0 Å². The third-order valence-electron chi connectivity index (χ3n) is 1.59. The highest BCUT2D eigenvalue weighted by Crippen LogP contribution is 2.08. The van der Waals surface area contributed by atoms with Crippen LogP contribution in [0.4, 0.5) is 5.82 Å². The Balaban J connectivity index is 2.37. The average Bonchev–Trinajstić information content (AvgIpc) is 2.03. The fraction of sp³-hybridized carbons (Fsp3) is 0.444. The van der Waals surface area contributed by atoms with Crippen molar-refractivity contribution in [2.24, 2.45) is 0 Å². The number of aromatic nitrogens is 1. The topological polar surface area (TPSA) is 28.2 Å². The van der Waals surface area contributed by atoms with Gasteiger partial charge in [0.1, 0.15) is 5.82 Å². The van der Waals surface area contributed by atoms with Crippen LogP contribution in [0.3, 0.4) is 0 Å². The van der Waals surface area contributed by atoms with E-state index >= 15 is 0 Å². The van der Waals surface area contributed by atoms with Crippen molar-refractivity contribution < 1.29 is 0 Å². The molecule has 0 saturated carbocycles. The average molecular weight is 291 g/mol. The van der Waals surface area contributed by atoms with Gasteiger partial charge in [0.2, 0.25) is 0 Å². The molecule has 0 fully saturated rings. The van der Waals surface area contributed by atoms with Gasteiger partial charge in [0.15, 0.2) is 0 Å². The number of nitrogens with zero attached hydrogens (tertiary/aromatic N) is 2. The maximum absolute atomic E-state index is 4.20. The summed E-state index contributed by atoms with van der Waals surface area (Å²) >= 11 is 2.28. The summed E-state index contributed by atoms with van der Waals surface area (Å²) < 4.78 is 1.21. The Labute approximate surface area is 92.7 Å². The van der Waals surface area contributed by atoms with E-state index in [1.54, 1.807) is 0 Å². The Bertz CT molecular complexity index is 263. The van der Waals surface area contributed by atoms with Crippen molar-refractivity contribution in [1.29, 1.82) is 0 Å². The van der Waals surface area contributed by atoms with E-state index in [0.29, 0.717) is 0 Å². The molecular weight excluding hydrogens is 277 g/mol.